The van der Waals surface area contributed by atoms with Crippen LogP contribution < -0.4 is 10.6 Å². The maximum atomic E-state index is 15.1. The summed E-state index contributed by atoms with van der Waals surface area (Å²) in [6.07, 6.45) is 6.63. The Morgan fingerprint density at radius 2 is 2.11 bits per heavy atom. The Morgan fingerprint density at radius 3 is 2.95 bits per heavy atom. The molecule has 2 atom stereocenters. The summed E-state index contributed by atoms with van der Waals surface area (Å²) in [7, 11) is 0. The number of amides is 2. The number of urea groups is 1. The number of nitrogens with zero attached hydrogens (tertiary/aromatic N) is 5. The van der Waals surface area contributed by atoms with Crippen molar-refractivity contribution in [2.24, 2.45) is 0 Å². The quantitative estimate of drug-likeness (QED) is 0.432. The van der Waals surface area contributed by atoms with Crippen molar-refractivity contribution < 1.29 is 14.0 Å². The van der Waals surface area contributed by atoms with E-state index in [0.717, 1.165) is 41.9 Å². The van der Waals surface area contributed by atoms with E-state index in [-0.39, 0.29) is 30.2 Å². The van der Waals surface area contributed by atoms with Crippen LogP contribution >= 0.6 is 0 Å². The minimum absolute atomic E-state index is 0.0233. The summed E-state index contributed by atoms with van der Waals surface area (Å²) < 4.78 is 19.1. The topological polar surface area (TPSA) is 86.9 Å². The Hall–Kier alpha value is -4.18. The lowest BCUT2D eigenvalue weighted by Crippen LogP contribution is -2.51. The molecule has 0 radical (unpaired) electrons. The van der Waals surface area contributed by atoms with Gasteiger partial charge in [-0.2, -0.15) is 0 Å². The average Bonchev–Trinajstić information content (AvgIpc) is 3.73. The predicted molar refractivity (Wildman–Crippen MR) is 140 cm³/mol. The second-order valence-corrected chi connectivity index (χ2v) is 10.6. The second kappa shape index (κ2) is 7.91. The second-order valence-electron chi connectivity index (χ2n) is 10.6. The van der Waals surface area contributed by atoms with Crippen LogP contribution in [-0.4, -0.2) is 73.8 Å². The molecule has 3 aromatic heterocycles. The van der Waals surface area contributed by atoms with Gasteiger partial charge < -0.3 is 25.0 Å². The lowest BCUT2D eigenvalue weighted by molar-refractivity contribution is -0.112. The number of piperazine rings is 1. The number of Topliss-reactive ketones (excluding diaryl/α,β-unsaturated/α-hetero) is 1. The van der Waals surface area contributed by atoms with Gasteiger partial charge in [0.25, 0.3) is 0 Å². The molecule has 7 heterocycles. The lowest BCUT2D eigenvalue weighted by Gasteiger charge is -2.33. The van der Waals surface area contributed by atoms with Crippen molar-refractivity contribution >= 4 is 39.6 Å². The summed E-state index contributed by atoms with van der Waals surface area (Å²) in [5.74, 6) is -0.414. The number of carbonyl (C=O) groups is 2. The first-order chi connectivity index (χ1) is 18.5. The molecule has 38 heavy (non-hydrogen) atoms. The zero-order valence-corrected chi connectivity index (χ0v) is 20.7. The van der Waals surface area contributed by atoms with Crippen molar-refractivity contribution in [2.45, 2.75) is 31.6 Å². The lowest BCUT2D eigenvalue weighted by atomic mass is 9.99. The van der Waals surface area contributed by atoms with Gasteiger partial charge in [-0.1, -0.05) is 6.07 Å². The van der Waals surface area contributed by atoms with Gasteiger partial charge in [0, 0.05) is 68.2 Å². The highest BCUT2D eigenvalue weighted by atomic mass is 19.1. The Labute approximate surface area is 217 Å². The van der Waals surface area contributed by atoms with Gasteiger partial charge in [-0.05, 0) is 36.2 Å². The molecule has 4 aliphatic rings. The monoisotopic (exact) mass is 511 g/mol. The molecule has 2 N–H and O–H groups in total. The zero-order valence-electron chi connectivity index (χ0n) is 20.7. The number of aromatic nitrogens is 3. The maximum absolute atomic E-state index is 15.1. The number of pyridine rings is 1. The minimum atomic E-state index is -0.374. The summed E-state index contributed by atoms with van der Waals surface area (Å²) in [5.41, 5.74) is 5.17. The van der Waals surface area contributed by atoms with Gasteiger partial charge in [-0.3, -0.25) is 9.20 Å². The number of benzene rings is 1. The average molecular weight is 512 g/mol. The third kappa shape index (κ3) is 3.10. The highest BCUT2D eigenvalue weighted by Gasteiger charge is 2.42. The number of rotatable bonds is 2. The first-order valence-electron chi connectivity index (χ1n) is 13.1. The van der Waals surface area contributed by atoms with Crippen molar-refractivity contribution in [1.29, 1.82) is 0 Å². The van der Waals surface area contributed by atoms with Crippen LogP contribution in [0, 0.1) is 5.82 Å². The molecule has 9 nitrogen and oxygen atoms in total. The van der Waals surface area contributed by atoms with Crippen LogP contribution in [0.1, 0.15) is 23.2 Å². The predicted octanol–water partition coefficient (Wildman–Crippen LogP) is 2.45. The normalized spacial score (nSPS) is 22.7. The Morgan fingerprint density at radius 1 is 1.18 bits per heavy atom. The Kier molecular flexibility index (Phi) is 4.55. The third-order valence-electron chi connectivity index (χ3n) is 8.46. The molecule has 4 aliphatic heterocycles. The third-order valence-corrected chi connectivity index (χ3v) is 8.46. The number of hydrogen-bond donors (Lipinski definition) is 2. The molecular formula is C28H26FN7O2. The van der Waals surface area contributed by atoms with Gasteiger partial charge in [0.1, 0.15) is 11.5 Å². The van der Waals surface area contributed by atoms with E-state index in [4.69, 9.17) is 0 Å². The van der Waals surface area contributed by atoms with Crippen LogP contribution in [0.15, 0.2) is 48.9 Å². The molecule has 4 aromatic rings. The SMILES string of the molecule is O=C1CNC(c2cnc3ccccn23)=C1c1cn2c3c(cc(F)cc13)CN(C(=O)N1CC3CC1CN3)CC2. The van der Waals surface area contributed by atoms with E-state index in [0.29, 0.717) is 47.9 Å². The van der Waals surface area contributed by atoms with Gasteiger partial charge >= 0.3 is 6.03 Å². The van der Waals surface area contributed by atoms with Crippen molar-refractivity contribution in [2.75, 3.05) is 26.2 Å². The zero-order chi connectivity index (χ0) is 25.5. The van der Waals surface area contributed by atoms with E-state index in [1.54, 1.807) is 6.20 Å². The van der Waals surface area contributed by atoms with Gasteiger partial charge in [0.05, 0.1) is 35.2 Å². The fraction of sp³-hybridized carbons (Fsp3) is 0.321. The molecule has 0 spiro atoms. The smallest absolute Gasteiger partial charge is 0.320 e. The van der Waals surface area contributed by atoms with Gasteiger partial charge in [0.2, 0.25) is 0 Å². The first kappa shape index (κ1) is 21.9. The van der Waals surface area contributed by atoms with Gasteiger partial charge in [0.15, 0.2) is 5.78 Å². The van der Waals surface area contributed by atoms with Gasteiger partial charge in [-0.15, -0.1) is 0 Å². The highest BCUT2D eigenvalue weighted by molar-refractivity contribution is 6.33. The van der Waals surface area contributed by atoms with Crippen molar-refractivity contribution in [3.63, 3.8) is 0 Å². The Bertz CT molecular complexity index is 1700. The number of carbonyl (C=O) groups excluding carboxylic acids is 2. The molecule has 2 fully saturated rings. The van der Waals surface area contributed by atoms with Crippen LogP contribution in [-0.2, 0) is 17.9 Å². The molecule has 0 saturated carbocycles. The number of halogens is 1. The van der Waals surface area contributed by atoms with Crippen LogP contribution in [0.25, 0.3) is 27.8 Å². The summed E-state index contributed by atoms with van der Waals surface area (Å²) in [4.78, 5) is 35.0. The largest absolute Gasteiger partial charge is 0.375 e. The van der Waals surface area contributed by atoms with Crippen LogP contribution in [0.2, 0.25) is 0 Å². The summed E-state index contributed by atoms with van der Waals surface area (Å²) in [5, 5.41) is 7.40. The van der Waals surface area contributed by atoms with E-state index < -0.39 is 0 Å². The molecule has 192 valence electrons. The van der Waals surface area contributed by atoms with E-state index >= 15 is 4.39 Å². The molecule has 2 bridgehead atoms. The molecular weight excluding hydrogens is 485 g/mol. The summed E-state index contributed by atoms with van der Waals surface area (Å²) >= 11 is 0. The van der Waals surface area contributed by atoms with E-state index in [1.165, 1.54) is 12.1 Å². The number of hydrogen-bond acceptors (Lipinski definition) is 5. The summed E-state index contributed by atoms with van der Waals surface area (Å²) in [6.45, 7) is 3.16. The maximum Gasteiger partial charge on any atom is 0.320 e. The van der Waals surface area contributed by atoms with Crippen molar-refractivity contribution in [3.05, 3.63) is 71.6 Å². The number of ketones is 1. The van der Waals surface area contributed by atoms with E-state index in [1.807, 2.05) is 44.8 Å². The fourth-order valence-corrected chi connectivity index (χ4v) is 6.75. The van der Waals surface area contributed by atoms with Crippen molar-refractivity contribution in [3.8, 4) is 0 Å². The van der Waals surface area contributed by atoms with Crippen molar-refractivity contribution in [1.82, 2.24) is 34.4 Å². The molecule has 8 rings (SSSR count). The number of imidazole rings is 1. The number of likely N-dealkylation sites (tertiary alicyclic amines) is 1. The van der Waals surface area contributed by atoms with Crippen LogP contribution in [0.4, 0.5) is 9.18 Å². The first-order valence-corrected chi connectivity index (χ1v) is 13.1. The molecule has 0 aliphatic carbocycles. The number of nitrogens with one attached hydrogen (secondary N) is 2. The molecule has 2 unspecified atom stereocenters. The fourth-order valence-electron chi connectivity index (χ4n) is 6.75. The van der Waals surface area contributed by atoms with Crippen LogP contribution in [0.3, 0.4) is 0 Å². The Balaban J connectivity index is 1.23. The van der Waals surface area contributed by atoms with Crippen LogP contribution in [0.5, 0.6) is 0 Å². The van der Waals surface area contributed by atoms with E-state index in [2.05, 4.69) is 20.2 Å². The minimum Gasteiger partial charge on any atom is -0.375 e. The molecule has 1 aromatic carbocycles. The number of fused-ring (bicyclic) bond motifs is 3. The molecule has 2 amide bonds. The molecule has 2 saturated heterocycles. The summed E-state index contributed by atoms with van der Waals surface area (Å²) in [6, 6.07) is 9.43. The standard InChI is InChI=1S/C28H26FN7O2/c29-17-7-16-13-34(28(38)36-14-18-9-19(36)10-30-18)6-5-33-15-21(20(8-17)27(16)33)25-23(37)12-32-26(25)22-11-31-24-3-1-2-4-35(22)24/h1-4,7-8,11,15,18-19,30,32H,5-6,9-10,12-14H2. The molecule has 10 heteroatoms. The highest BCUT2D eigenvalue weighted by Crippen LogP contribution is 2.38. The van der Waals surface area contributed by atoms with Gasteiger partial charge in [-0.25, -0.2) is 14.2 Å². The van der Waals surface area contributed by atoms with E-state index in [9.17, 15) is 9.59 Å².